The van der Waals surface area contributed by atoms with E-state index in [4.69, 9.17) is 14.5 Å². The van der Waals surface area contributed by atoms with Crippen LogP contribution in [0.15, 0.2) is 35.3 Å². The number of hydrogen-bond acceptors (Lipinski definition) is 6. The topological polar surface area (TPSA) is 79.1 Å². The highest BCUT2D eigenvalue weighted by Gasteiger charge is 2.79. The number of fused-ring (bicyclic) bond motifs is 1. The minimum absolute atomic E-state index is 0.0503. The van der Waals surface area contributed by atoms with E-state index in [0.29, 0.717) is 24.6 Å². The Hall–Kier alpha value is -3.41. The molecular weight excluding hydrogens is 511 g/mol. The van der Waals surface area contributed by atoms with Gasteiger partial charge in [-0.3, -0.25) is 14.3 Å². The molecule has 3 aromatic rings. The van der Waals surface area contributed by atoms with Crippen molar-refractivity contribution in [2.24, 2.45) is 12.5 Å². The molecule has 200 valence electrons. The van der Waals surface area contributed by atoms with Crippen LogP contribution in [0.2, 0.25) is 0 Å². The van der Waals surface area contributed by atoms with Crippen molar-refractivity contribution in [1.29, 1.82) is 0 Å². The Morgan fingerprint density at radius 2 is 1.92 bits per heavy atom. The first-order valence-corrected chi connectivity index (χ1v) is 12.1. The van der Waals surface area contributed by atoms with Crippen molar-refractivity contribution in [3.8, 4) is 5.88 Å². The Morgan fingerprint density at radius 1 is 1.18 bits per heavy atom. The maximum Gasteiger partial charge on any atom is 0.394 e. The summed E-state index contributed by atoms with van der Waals surface area (Å²) in [6, 6.07) is 5.00. The number of hydrogen-bond donors (Lipinski definition) is 0. The lowest BCUT2D eigenvalue weighted by Gasteiger charge is -2.70. The van der Waals surface area contributed by atoms with Crippen LogP contribution in [0.3, 0.4) is 0 Å². The molecule has 7 rings (SSSR count). The van der Waals surface area contributed by atoms with Crippen molar-refractivity contribution in [2.75, 3.05) is 13.7 Å². The molecule has 0 aromatic carbocycles. The van der Waals surface area contributed by atoms with Crippen LogP contribution in [0.4, 0.5) is 22.0 Å². The van der Waals surface area contributed by atoms with E-state index in [1.165, 1.54) is 20.2 Å². The highest BCUT2D eigenvalue weighted by molar-refractivity contribution is 5.85. The second-order valence-corrected chi connectivity index (χ2v) is 10.3. The summed E-state index contributed by atoms with van der Waals surface area (Å²) in [5.74, 6) is -0.336. The summed E-state index contributed by atoms with van der Waals surface area (Å²) >= 11 is 0. The lowest BCUT2D eigenvalue weighted by Crippen LogP contribution is -2.70. The SMILES string of the molecule is COc1cc(C2C=C(c3cc4c(=O)n(C)c(C(F)F)nc4c(C45CC(C(F)(F)F)(C4)C5)n3)CCO2)ccn1. The Kier molecular flexibility index (Phi) is 5.43. The van der Waals surface area contributed by atoms with Gasteiger partial charge in [-0.2, -0.15) is 13.2 Å². The molecule has 12 heteroatoms. The zero-order valence-electron chi connectivity index (χ0n) is 20.5. The molecule has 7 nitrogen and oxygen atoms in total. The van der Waals surface area contributed by atoms with Crippen LogP contribution < -0.4 is 10.3 Å². The van der Waals surface area contributed by atoms with Gasteiger partial charge in [0.05, 0.1) is 35.9 Å². The number of rotatable bonds is 5. The predicted octanol–water partition coefficient (Wildman–Crippen LogP) is 5.20. The van der Waals surface area contributed by atoms with Crippen molar-refractivity contribution in [2.45, 2.75) is 49.8 Å². The van der Waals surface area contributed by atoms with E-state index >= 15 is 0 Å². The first-order valence-electron chi connectivity index (χ1n) is 12.1. The summed E-state index contributed by atoms with van der Waals surface area (Å²) in [5, 5.41) is 0.0530. The molecule has 4 heterocycles. The molecule has 0 N–H and O–H groups in total. The van der Waals surface area contributed by atoms with Crippen LogP contribution in [-0.2, 0) is 17.2 Å². The Labute approximate surface area is 213 Å². The molecule has 3 fully saturated rings. The molecule has 4 aliphatic rings. The van der Waals surface area contributed by atoms with Crippen LogP contribution in [0.5, 0.6) is 5.88 Å². The molecule has 2 bridgehead atoms. The maximum absolute atomic E-state index is 13.7. The van der Waals surface area contributed by atoms with E-state index < -0.39 is 40.9 Å². The second kappa shape index (κ2) is 8.29. The van der Waals surface area contributed by atoms with Gasteiger partial charge in [-0.25, -0.2) is 18.7 Å². The average Bonchev–Trinajstić information content (AvgIpc) is 2.83. The lowest BCUT2D eigenvalue weighted by atomic mass is 9.34. The van der Waals surface area contributed by atoms with Gasteiger partial charge in [-0.05, 0) is 55.0 Å². The number of aromatic nitrogens is 4. The molecule has 1 aliphatic heterocycles. The third-order valence-corrected chi connectivity index (χ3v) is 8.07. The molecule has 3 saturated carbocycles. The highest BCUT2D eigenvalue weighted by Crippen LogP contribution is 2.78. The van der Waals surface area contributed by atoms with Gasteiger partial charge >= 0.3 is 6.18 Å². The fourth-order valence-electron chi connectivity index (χ4n) is 6.09. The van der Waals surface area contributed by atoms with Crippen molar-refractivity contribution in [3.05, 3.63) is 63.6 Å². The van der Waals surface area contributed by atoms with E-state index in [9.17, 15) is 26.7 Å². The molecule has 0 amide bonds. The summed E-state index contributed by atoms with van der Waals surface area (Å²) in [7, 11) is 2.70. The number of nitrogens with zero attached hydrogens (tertiary/aromatic N) is 4. The quantitative estimate of drug-likeness (QED) is 0.419. The molecule has 0 radical (unpaired) electrons. The number of methoxy groups -OCH3 is 1. The first-order chi connectivity index (χ1) is 18.0. The van der Waals surface area contributed by atoms with Crippen molar-refractivity contribution >= 4 is 16.5 Å². The van der Waals surface area contributed by atoms with Crippen molar-refractivity contribution < 1.29 is 31.4 Å². The molecule has 1 unspecified atom stereocenters. The van der Waals surface area contributed by atoms with Gasteiger partial charge in [0, 0.05) is 24.7 Å². The van der Waals surface area contributed by atoms with Gasteiger partial charge in [0.1, 0.15) is 11.6 Å². The summed E-state index contributed by atoms with van der Waals surface area (Å²) in [4.78, 5) is 26.1. The van der Waals surface area contributed by atoms with E-state index in [2.05, 4.69) is 9.97 Å². The molecule has 0 spiro atoms. The molecule has 3 aliphatic carbocycles. The van der Waals surface area contributed by atoms with E-state index in [1.807, 2.05) is 6.08 Å². The number of pyridine rings is 2. The van der Waals surface area contributed by atoms with Crippen LogP contribution >= 0.6 is 0 Å². The number of alkyl halides is 5. The summed E-state index contributed by atoms with van der Waals surface area (Å²) in [6.45, 7) is 0.332. The molecule has 3 aromatic heterocycles. The standard InChI is InChI=1S/C26H23F5N4O3/c1-35-22(21(27)28)34-19-15(23(35)36)9-16(33-20(19)24-10-25(11-24,12-24)26(29,30)31)13-4-6-38-17(7-13)14-3-5-32-18(8-14)37-2/h3,5,7-9,17,21H,4,6,10-12H2,1-2H3. The summed E-state index contributed by atoms with van der Waals surface area (Å²) in [5.41, 5.74) is -1.39. The smallest absolute Gasteiger partial charge is 0.394 e. The van der Waals surface area contributed by atoms with Crippen LogP contribution in [0.25, 0.3) is 16.5 Å². The normalized spacial score (nSPS) is 26.6. The fourth-order valence-corrected chi connectivity index (χ4v) is 6.09. The maximum atomic E-state index is 13.7. The Balaban J connectivity index is 1.49. The van der Waals surface area contributed by atoms with E-state index in [1.54, 1.807) is 18.3 Å². The minimum atomic E-state index is -4.36. The summed E-state index contributed by atoms with van der Waals surface area (Å²) < 4.78 is 80.1. The van der Waals surface area contributed by atoms with Gasteiger partial charge in [-0.1, -0.05) is 0 Å². The third-order valence-electron chi connectivity index (χ3n) is 8.07. The largest absolute Gasteiger partial charge is 0.481 e. The van der Waals surface area contributed by atoms with Gasteiger partial charge in [0.2, 0.25) is 5.88 Å². The first kappa shape index (κ1) is 24.9. The van der Waals surface area contributed by atoms with Crippen LogP contribution in [0, 0.1) is 5.41 Å². The van der Waals surface area contributed by atoms with Gasteiger partial charge in [-0.15, -0.1) is 0 Å². The monoisotopic (exact) mass is 534 g/mol. The summed E-state index contributed by atoms with van der Waals surface area (Å²) in [6.07, 6.45) is -4.59. The third kappa shape index (κ3) is 3.56. The molecule has 38 heavy (non-hydrogen) atoms. The van der Waals surface area contributed by atoms with Gasteiger partial charge < -0.3 is 9.47 Å². The number of ether oxygens (including phenoxy) is 2. The lowest BCUT2D eigenvalue weighted by molar-refractivity contribution is -0.337. The van der Waals surface area contributed by atoms with Crippen LogP contribution in [0.1, 0.15) is 61.0 Å². The highest BCUT2D eigenvalue weighted by atomic mass is 19.4. The fraction of sp³-hybridized carbons (Fsp3) is 0.462. The Bertz CT molecular complexity index is 1530. The molecule has 1 atom stereocenters. The van der Waals surface area contributed by atoms with Gasteiger partial charge in [0.15, 0.2) is 5.82 Å². The Morgan fingerprint density at radius 3 is 2.58 bits per heavy atom. The second-order valence-electron chi connectivity index (χ2n) is 10.3. The van der Waals surface area contributed by atoms with Crippen molar-refractivity contribution in [3.63, 3.8) is 0 Å². The van der Waals surface area contributed by atoms with Gasteiger partial charge in [0.25, 0.3) is 12.0 Å². The van der Waals surface area contributed by atoms with Crippen LogP contribution in [-0.4, -0.2) is 39.4 Å². The average molecular weight is 534 g/mol. The van der Waals surface area contributed by atoms with E-state index in [-0.39, 0.29) is 35.9 Å². The molecular formula is C26H23F5N4O3. The minimum Gasteiger partial charge on any atom is -0.481 e. The zero-order valence-corrected chi connectivity index (χ0v) is 20.5. The zero-order chi connectivity index (χ0) is 27.0. The van der Waals surface area contributed by atoms with Crippen molar-refractivity contribution in [1.82, 2.24) is 19.5 Å². The number of halogens is 5. The van der Waals surface area contributed by atoms with E-state index in [0.717, 1.165) is 15.7 Å². The predicted molar refractivity (Wildman–Crippen MR) is 126 cm³/mol. The molecule has 0 saturated heterocycles.